The average molecular weight is 621 g/mol. The van der Waals surface area contributed by atoms with Crippen molar-refractivity contribution >= 4 is 27.3 Å². The van der Waals surface area contributed by atoms with Crippen LogP contribution in [0.1, 0.15) is 45.7 Å². The standard InChI is InChI=1S/C31H26F2N4O4S2/c1-17-5-9-21(15-24(17)32)20-3-2-4-22(14-20)29-23(11-19-8-10-28(25(33)12-19)43(34,40)41)27(13-18-6-7-18)37(36-29)31-35-26(16-42-31)30(38)39/h2-5,8-10,12,14-16,18H,6-7,11,13H2,1H3,(H,38,39)(H2,34,40,41). The van der Waals surface area contributed by atoms with Gasteiger partial charge in [0.25, 0.3) is 0 Å². The van der Waals surface area contributed by atoms with E-state index in [0.717, 1.165) is 58.7 Å². The molecule has 3 N–H and O–H groups in total. The van der Waals surface area contributed by atoms with Crippen molar-refractivity contribution in [1.82, 2.24) is 14.8 Å². The number of rotatable bonds is 9. The molecule has 3 aromatic carbocycles. The van der Waals surface area contributed by atoms with E-state index in [-0.39, 0.29) is 17.9 Å². The summed E-state index contributed by atoms with van der Waals surface area (Å²) in [6.45, 7) is 1.70. The number of aryl methyl sites for hydroxylation is 1. The number of aromatic nitrogens is 3. The number of aromatic carboxylic acids is 1. The molecule has 0 bridgehead atoms. The minimum absolute atomic E-state index is 0.0972. The Morgan fingerprint density at radius 1 is 1.05 bits per heavy atom. The normalized spacial score (nSPS) is 13.4. The number of carboxylic acids is 1. The van der Waals surface area contributed by atoms with Gasteiger partial charge in [-0.2, -0.15) is 5.10 Å². The van der Waals surface area contributed by atoms with Crippen LogP contribution in [0.2, 0.25) is 0 Å². The predicted octanol–water partition coefficient (Wildman–Crippen LogP) is 6.14. The third-order valence-corrected chi connectivity index (χ3v) is 9.25. The van der Waals surface area contributed by atoms with Gasteiger partial charge in [-0.3, -0.25) is 0 Å². The minimum Gasteiger partial charge on any atom is -0.476 e. The molecule has 0 spiro atoms. The second-order valence-corrected chi connectivity index (χ2v) is 13.1. The van der Waals surface area contributed by atoms with Crippen LogP contribution in [0.15, 0.2) is 70.9 Å². The minimum atomic E-state index is -4.24. The first kappa shape index (κ1) is 28.8. The molecular formula is C31H26F2N4O4S2. The van der Waals surface area contributed by atoms with E-state index in [1.807, 2.05) is 30.3 Å². The molecule has 0 unspecified atom stereocenters. The van der Waals surface area contributed by atoms with Gasteiger partial charge in [0.1, 0.15) is 16.5 Å². The molecule has 0 aliphatic heterocycles. The highest BCUT2D eigenvalue weighted by atomic mass is 32.2. The van der Waals surface area contributed by atoms with E-state index in [1.165, 1.54) is 17.5 Å². The van der Waals surface area contributed by atoms with Crippen molar-refractivity contribution in [2.24, 2.45) is 11.1 Å². The lowest BCUT2D eigenvalue weighted by molar-refractivity contribution is 0.0691. The summed E-state index contributed by atoms with van der Waals surface area (Å²) >= 11 is 1.15. The zero-order valence-corrected chi connectivity index (χ0v) is 24.6. The molecule has 0 saturated heterocycles. The van der Waals surface area contributed by atoms with Gasteiger partial charge in [-0.1, -0.05) is 36.4 Å². The van der Waals surface area contributed by atoms with Crippen molar-refractivity contribution in [2.75, 3.05) is 0 Å². The third-order valence-electron chi connectivity index (χ3n) is 7.49. The lowest BCUT2D eigenvalue weighted by Crippen LogP contribution is -2.14. The first-order valence-corrected chi connectivity index (χ1v) is 15.9. The number of carbonyl (C=O) groups is 1. The molecule has 0 radical (unpaired) electrons. The van der Waals surface area contributed by atoms with Crippen LogP contribution in [-0.2, 0) is 22.9 Å². The molecule has 1 aliphatic carbocycles. The number of hydrogen-bond acceptors (Lipinski definition) is 6. The Hall–Kier alpha value is -4.26. The maximum absolute atomic E-state index is 14.9. The summed E-state index contributed by atoms with van der Waals surface area (Å²) in [6, 6.07) is 16.3. The van der Waals surface area contributed by atoms with Crippen molar-refractivity contribution in [3.63, 3.8) is 0 Å². The number of sulfonamides is 1. The summed E-state index contributed by atoms with van der Waals surface area (Å²) in [6.07, 6.45) is 2.92. The van der Waals surface area contributed by atoms with Gasteiger partial charge in [0, 0.05) is 22.9 Å². The van der Waals surface area contributed by atoms with Gasteiger partial charge in [-0.25, -0.2) is 36.8 Å². The van der Waals surface area contributed by atoms with Gasteiger partial charge < -0.3 is 5.11 Å². The maximum atomic E-state index is 14.9. The monoisotopic (exact) mass is 620 g/mol. The predicted molar refractivity (Wildman–Crippen MR) is 159 cm³/mol. The summed E-state index contributed by atoms with van der Waals surface area (Å²) < 4.78 is 54.5. The Balaban J connectivity index is 1.52. The molecule has 1 aliphatic rings. The zero-order valence-electron chi connectivity index (χ0n) is 22.9. The fraction of sp³-hybridized carbons (Fsp3) is 0.194. The lowest BCUT2D eigenvalue weighted by Gasteiger charge is -2.10. The van der Waals surface area contributed by atoms with Gasteiger partial charge in [0.05, 0.1) is 11.4 Å². The van der Waals surface area contributed by atoms with Gasteiger partial charge >= 0.3 is 5.97 Å². The van der Waals surface area contributed by atoms with Gasteiger partial charge in [-0.05, 0) is 78.6 Å². The lowest BCUT2D eigenvalue weighted by atomic mass is 9.95. The maximum Gasteiger partial charge on any atom is 0.355 e. The van der Waals surface area contributed by atoms with Crippen LogP contribution in [0, 0.1) is 24.5 Å². The van der Waals surface area contributed by atoms with Gasteiger partial charge in [-0.15, -0.1) is 11.3 Å². The van der Waals surface area contributed by atoms with E-state index >= 15 is 0 Å². The number of halogens is 2. The molecule has 12 heteroatoms. The Kier molecular flexibility index (Phi) is 7.45. The van der Waals surface area contributed by atoms with E-state index in [1.54, 1.807) is 17.7 Å². The SMILES string of the molecule is Cc1ccc(-c2cccc(-c3nn(-c4nc(C(=O)O)cs4)c(CC4CC4)c3Cc3ccc(S(N)(=O)=O)c(F)c3)c2)cc1F. The van der Waals surface area contributed by atoms with E-state index in [4.69, 9.17) is 10.2 Å². The second kappa shape index (κ2) is 11.1. The Morgan fingerprint density at radius 2 is 1.79 bits per heavy atom. The van der Waals surface area contributed by atoms with Gasteiger partial charge in [0.15, 0.2) is 5.69 Å². The van der Waals surface area contributed by atoms with Crippen molar-refractivity contribution in [2.45, 2.75) is 37.5 Å². The highest BCUT2D eigenvalue weighted by Gasteiger charge is 2.29. The first-order valence-electron chi connectivity index (χ1n) is 13.5. The highest BCUT2D eigenvalue weighted by Crippen LogP contribution is 2.39. The quantitative estimate of drug-likeness (QED) is 0.204. The van der Waals surface area contributed by atoms with Crippen molar-refractivity contribution in [3.8, 4) is 27.5 Å². The molecule has 1 saturated carbocycles. The molecule has 220 valence electrons. The number of benzene rings is 3. The third kappa shape index (κ3) is 5.99. The number of primary sulfonamides is 1. The molecule has 5 aromatic rings. The Labute approximate surface area is 250 Å². The molecule has 0 amide bonds. The van der Waals surface area contributed by atoms with E-state index in [9.17, 15) is 27.1 Å². The van der Waals surface area contributed by atoms with Crippen LogP contribution in [0.5, 0.6) is 0 Å². The van der Waals surface area contributed by atoms with Crippen molar-refractivity contribution < 1.29 is 27.1 Å². The first-order chi connectivity index (χ1) is 20.5. The van der Waals surface area contributed by atoms with Crippen LogP contribution in [-0.4, -0.2) is 34.3 Å². The number of nitrogens with two attached hydrogens (primary N) is 1. The van der Waals surface area contributed by atoms with E-state index < -0.39 is 26.7 Å². The summed E-state index contributed by atoms with van der Waals surface area (Å²) in [5.41, 5.74) is 5.29. The van der Waals surface area contributed by atoms with Crippen LogP contribution in [0.4, 0.5) is 8.78 Å². The fourth-order valence-electron chi connectivity index (χ4n) is 5.03. The molecule has 6 rings (SSSR count). The fourth-order valence-corrected chi connectivity index (χ4v) is 6.39. The molecular weight excluding hydrogens is 594 g/mol. The molecule has 8 nitrogen and oxygen atoms in total. The Morgan fingerprint density at radius 3 is 2.44 bits per heavy atom. The average Bonchev–Trinajstić information content (AvgIpc) is 3.51. The van der Waals surface area contributed by atoms with Crippen molar-refractivity contribution in [3.05, 3.63) is 106 Å². The molecule has 2 heterocycles. The van der Waals surface area contributed by atoms with Crippen molar-refractivity contribution in [1.29, 1.82) is 0 Å². The Bertz CT molecular complexity index is 2000. The molecule has 43 heavy (non-hydrogen) atoms. The number of thiazole rings is 1. The van der Waals surface area contributed by atoms with E-state index in [0.29, 0.717) is 39.9 Å². The second-order valence-electron chi connectivity index (χ2n) is 10.7. The van der Waals surface area contributed by atoms with Crippen LogP contribution in [0.3, 0.4) is 0 Å². The number of nitrogens with zero attached hydrogens (tertiary/aromatic N) is 3. The van der Waals surface area contributed by atoms with Crippen LogP contribution >= 0.6 is 11.3 Å². The molecule has 0 atom stereocenters. The topological polar surface area (TPSA) is 128 Å². The highest BCUT2D eigenvalue weighted by molar-refractivity contribution is 7.89. The number of carboxylic acid groups (broad SMARTS) is 1. The summed E-state index contributed by atoms with van der Waals surface area (Å²) in [4.78, 5) is 15.3. The summed E-state index contributed by atoms with van der Waals surface area (Å²) in [7, 11) is -4.24. The smallest absolute Gasteiger partial charge is 0.355 e. The largest absolute Gasteiger partial charge is 0.476 e. The van der Waals surface area contributed by atoms with Crippen LogP contribution < -0.4 is 5.14 Å². The van der Waals surface area contributed by atoms with Gasteiger partial charge in [0.2, 0.25) is 15.2 Å². The zero-order chi connectivity index (χ0) is 30.5. The summed E-state index contributed by atoms with van der Waals surface area (Å²) in [5.74, 6) is -2.01. The van der Waals surface area contributed by atoms with Crippen LogP contribution in [0.25, 0.3) is 27.5 Å². The molecule has 2 aromatic heterocycles. The summed E-state index contributed by atoms with van der Waals surface area (Å²) in [5, 5.41) is 21.4. The molecule has 1 fully saturated rings. The van der Waals surface area contributed by atoms with E-state index in [2.05, 4.69) is 4.98 Å². The number of hydrogen-bond donors (Lipinski definition) is 2.